The highest BCUT2D eigenvalue weighted by atomic mass is 32.1. The number of rotatable bonds is 6. The average molecular weight is 417 g/mol. The minimum atomic E-state index is -0.679. The van der Waals surface area contributed by atoms with E-state index in [9.17, 15) is 14.4 Å². The van der Waals surface area contributed by atoms with Gasteiger partial charge >= 0.3 is 5.97 Å². The molecule has 1 aromatic carbocycles. The fourth-order valence-corrected chi connectivity index (χ4v) is 3.65. The summed E-state index contributed by atoms with van der Waals surface area (Å²) in [6.07, 6.45) is -0.679. The Morgan fingerprint density at radius 1 is 1.34 bits per heavy atom. The van der Waals surface area contributed by atoms with Crippen molar-refractivity contribution in [2.45, 2.75) is 33.8 Å². The van der Waals surface area contributed by atoms with Crippen LogP contribution in [0.2, 0.25) is 0 Å². The number of aryl methyl sites for hydroxylation is 1. The van der Waals surface area contributed by atoms with Crippen molar-refractivity contribution < 1.29 is 23.9 Å². The van der Waals surface area contributed by atoms with Gasteiger partial charge in [-0.05, 0) is 31.9 Å². The van der Waals surface area contributed by atoms with Crippen molar-refractivity contribution in [3.8, 4) is 5.75 Å². The molecule has 3 rings (SSSR count). The maximum absolute atomic E-state index is 12.6. The molecular formula is C20H23N3O5S. The van der Waals surface area contributed by atoms with E-state index in [-0.39, 0.29) is 23.5 Å². The molecule has 0 radical (unpaired) electrons. The lowest BCUT2D eigenvalue weighted by Crippen LogP contribution is -2.47. The quantitative estimate of drug-likeness (QED) is 0.726. The number of aromatic nitrogens is 1. The molecule has 1 aliphatic rings. The van der Waals surface area contributed by atoms with Crippen LogP contribution in [0.25, 0.3) is 0 Å². The Bertz CT molecular complexity index is 940. The van der Waals surface area contributed by atoms with Crippen LogP contribution in [-0.4, -0.2) is 42.0 Å². The summed E-state index contributed by atoms with van der Waals surface area (Å²) in [5.41, 5.74) is 1.03. The summed E-state index contributed by atoms with van der Waals surface area (Å²) >= 11 is 1.05. The molecule has 1 aromatic heterocycles. The fraction of sp³-hybridized carbons (Fsp3) is 0.400. The van der Waals surface area contributed by atoms with E-state index in [4.69, 9.17) is 9.47 Å². The summed E-state index contributed by atoms with van der Waals surface area (Å²) < 4.78 is 10.8. The Hall–Kier alpha value is -2.94. The van der Waals surface area contributed by atoms with Gasteiger partial charge in [0.05, 0.1) is 18.0 Å². The molecule has 2 heterocycles. The Morgan fingerprint density at radius 2 is 2.07 bits per heavy atom. The first-order chi connectivity index (χ1) is 13.8. The maximum atomic E-state index is 12.6. The van der Waals surface area contributed by atoms with Gasteiger partial charge in [-0.1, -0.05) is 37.3 Å². The minimum Gasteiger partial charge on any atom is -0.479 e. The molecule has 0 bridgehead atoms. The van der Waals surface area contributed by atoms with Gasteiger partial charge in [-0.15, -0.1) is 0 Å². The lowest BCUT2D eigenvalue weighted by atomic mass is 10.2. The predicted molar refractivity (Wildman–Crippen MR) is 109 cm³/mol. The predicted octanol–water partition coefficient (Wildman–Crippen LogP) is 3.02. The van der Waals surface area contributed by atoms with Crippen LogP contribution in [0, 0.1) is 12.8 Å². The molecule has 0 saturated heterocycles. The number of para-hydroxylation sites is 2. The standard InChI is InChI=1S/C20H23N3O5S/c1-11(2)10-27-19(26)17-12(3)21-20(29-17)22-16(24)9-23-14-7-5-6-8-15(14)28-13(4)18(23)25/h5-8,11,13H,9-10H2,1-4H3,(H,21,22,24). The fourth-order valence-electron chi connectivity index (χ4n) is 2.77. The summed E-state index contributed by atoms with van der Waals surface area (Å²) in [5, 5.41) is 2.95. The Balaban J connectivity index is 1.69. The van der Waals surface area contributed by atoms with Crippen molar-refractivity contribution in [2.75, 3.05) is 23.4 Å². The second-order valence-electron chi connectivity index (χ2n) is 7.13. The number of hydrogen-bond acceptors (Lipinski definition) is 7. The summed E-state index contributed by atoms with van der Waals surface area (Å²) in [4.78, 5) is 43.2. The number of hydrogen-bond donors (Lipinski definition) is 1. The lowest BCUT2D eigenvalue weighted by Gasteiger charge is -2.32. The molecular weight excluding hydrogens is 394 g/mol. The number of fused-ring (bicyclic) bond motifs is 1. The van der Waals surface area contributed by atoms with Gasteiger partial charge in [-0.2, -0.15) is 0 Å². The number of nitrogens with zero attached hydrogens (tertiary/aromatic N) is 2. The van der Waals surface area contributed by atoms with Crippen LogP contribution in [0.15, 0.2) is 24.3 Å². The van der Waals surface area contributed by atoms with Crippen molar-refractivity contribution in [1.82, 2.24) is 4.98 Å². The molecule has 1 aliphatic heterocycles. The third kappa shape index (κ3) is 4.73. The second kappa shape index (κ2) is 8.60. The SMILES string of the molecule is Cc1nc(NC(=O)CN2C(=O)C(C)Oc3ccccc32)sc1C(=O)OCC(C)C. The molecule has 1 atom stereocenters. The van der Waals surface area contributed by atoms with Crippen LogP contribution < -0.4 is 15.0 Å². The summed E-state index contributed by atoms with van der Waals surface area (Å²) in [6.45, 7) is 7.35. The van der Waals surface area contributed by atoms with Gasteiger partial charge in [-0.3, -0.25) is 14.5 Å². The number of amides is 2. The third-order valence-electron chi connectivity index (χ3n) is 4.15. The molecule has 0 spiro atoms. The van der Waals surface area contributed by atoms with Crippen LogP contribution in [0.3, 0.4) is 0 Å². The molecule has 29 heavy (non-hydrogen) atoms. The van der Waals surface area contributed by atoms with Gasteiger partial charge in [0.2, 0.25) is 5.91 Å². The van der Waals surface area contributed by atoms with Crippen molar-refractivity contribution in [3.63, 3.8) is 0 Å². The van der Waals surface area contributed by atoms with Gasteiger partial charge in [0.15, 0.2) is 11.2 Å². The van der Waals surface area contributed by atoms with Crippen LogP contribution in [0.5, 0.6) is 5.75 Å². The van der Waals surface area contributed by atoms with E-state index >= 15 is 0 Å². The highest BCUT2D eigenvalue weighted by Crippen LogP contribution is 2.33. The molecule has 154 valence electrons. The molecule has 1 N–H and O–H groups in total. The summed E-state index contributed by atoms with van der Waals surface area (Å²) in [6, 6.07) is 7.05. The van der Waals surface area contributed by atoms with E-state index in [1.807, 2.05) is 13.8 Å². The zero-order valence-corrected chi connectivity index (χ0v) is 17.5. The zero-order valence-electron chi connectivity index (χ0n) is 16.7. The van der Waals surface area contributed by atoms with Crippen molar-refractivity contribution in [3.05, 3.63) is 34.8 Å². The number of carbonyl (C=O) groups is 3. The molecule has 8 nitrogen and oxygen atoms in total. The summed E-state index contributed by atoms with van der Waals surface area (Å²) in [7, 11) is 0. The zero-order chi connectivity index (χ0) is 21.1. The first-order valence-corrected chi connectivity index (χ1v) is 10.1. The number of nitrogens with one attached hydrogen (secondary N) is 1. The highest BCUT2D eigenvalue weighted by molar-refractivity contribution is 7.17. The van der Waals surface area contributed by atoms with Crippen LogP contribution in [-0.2, 0) is 14.3 Å². The van der Waals surface area contributed by atoms with Crippen LogP contribution in [0.4, 0.5) is 10.8 Å². The van der Waals surface area contributed by atoms with Gasteiger partial charge < -0.3 is 14.8 Å². The number of benzene rings is 1. The Kier molecular flexibility index (Phi) is 6.17. The molecule has 0 saturated carbocycles. The molecule has 9 heteroatoms. The number of carbonyl (C=O) groups excluding carboxylic acids is 3. The first-order valence-electron chi connectivity index (χ1n) is 9.27. The third-order valence-corrected chi connectivity index (χ3v) is 5.20. The monoisotopic (exact) mass is 417 g/mol. The number of ether oxygens (including phenoxy) is 2. The van der Waals surface area contributed by atoms with Gasteiger partial charge in [-0.25, -0.2) is 9.78 Å². The molecule has 0 aliphatic carbocycles. The van der Waals surface area contributed by atoms with Crippen LogP contribution >= 0.6 is 11.3 Å². The van der Waals surface area contributed by atoms with E-state index in [0.29, 0.717) is 28.6 Å². The van der Waals surface area contributed by atoms with Gasteiger partial charge in [0.1, 0.15) is 17.2 Å². The number of thiazole rings is 1. The number of esters is 1. The minimum absolute atomic E-state index is 0.185. The van der Waals surface area contributed by atoms with Gasteiger partial charge in [0, 0.05) is 0 Å². The maximum Gasteiger partial charge on any atom is 0.350 e. The Morgan fingerprint density at radius 3 is 2.79 bits per heavy atom. The molecule has 2 aromatic rings. The molecule has 2 amide bonds. The van der Waals surface area contributed by atoms with E-state index in [1.165, 1.54) is 4.90 Å². The van der Waals surface area contributed by atoms with E-state index < -0.39 is 18.0 Å². The number of anilines is 2. The van der Waals surface area contributed by atoms with E-state index in [2.05, 4.69) is 10.3 Å². The molecule has 1 unspecified atom stereocenters. The largest absolute Gasteiger partial charge is 0.479 e. The normalized spacial score (nSPS) is 15.7. The topological polar surface area (TPSA) is 97.8 Å². The average Bonchev–Trinajstić information content (AvgIpc) is 3.03. The van der Waals surface area contributed by atoms with Gasteiger partial charge in [0.25, 0.3) is 5.91 Å². The Labute approximate surface area is 172 Å². The van der Waals surface area contributed by atoms with Crippen molar-refractivity contribution in [2.24, 2.45) is 5.92 Å². The van der Waals surface area contributed by atoms with E-state index in [1.54, 1.807) is 38.1 Å². The smallest absolute Gasteiger partial charge is 0.350 e. The summed E-state index contributed by atoms with van der Waals surface area (Å²) in [5.74, 6) is -0.402. The lowest BCUT2D eigenvalue weighted by molar-refractivity contribution is -0.127. The second-order valence-corrected chi connectivity index (χ2v) is 8.13. The molecule has 0 fully saturated rings. The van der Waals surface area contributed by atoms with Crippen molar-refractivity contribution >= 4 is 39.9 Å². The van der Waals surface area contributed by atoms with Crippen molar-refractivity contribution in [1.29, 1.82) is 0 Å². The van der Waals surface area contributed by atoms with Crippen LogP contribution in [0.1, 0.15) is 36.1 Å². The first kappa shape index (κ1) is 20.8. The van der Waals surface area contributed by atoms with E-state index in [0.717, 1.165) is 11.3 Å². The highest BCUT2D eigenvalue weighted by Gasteiger charge is 2.32.